The van der Waals surface area contributed by atoms with Gasteiger partial charge in [-0.2, -0.15) is 15.5 Å². The Hall–Kier alpha value is -4.73. The van der Waals surface area contributed by atoms with E-state index >= 15 is 0 Å². The topological polar surface area (TPSA) is 117 Å². The first-order chi connectivity index (χ1) is 19.3. The molecule has 200 valence electrons. The average Bonchev–Trinajstić information content (AvgIpc) is 3.62. The van der Waals surface area contributed by atoms with Gasteiger partial charge in [0.2, 0.25) is 0 Å². The first-order valence-corrected chi connectivity index (χ1v) is 13.9. The van der Waals surface area contributed by atoms with E-state index in [0.717, 1.165) is 48.5 Å². The predicted octanol–water partition coefficient (Wildman–Crippen LogP) is 5.14. The highest BCUT2D eigenvalue weighted by molar-refractivity contribution is 7.17. The van der Waals surface area contributed by atoms with E-state index < -0.39 is 17.7 Å². The van der Waals surface area contributed by atoms with Crippen molar-refractivity contribution in [2.75, 3.05) is 18.0 Å². The fourth-order valence-corrected chi connectivity index (χ4v) is 6.32. The fourth-order valence-electron chi connectivity index (χ4n) is 5.05. The molecule has 8 nitrogen and oxygen atoms in total. The highest BCUT2D eigenvalue weighted by atomic mass is 32.1. The molecule has 1 aliphatic carbocycles. The van der Waals surface area contributed by atoms with Crippen molar-refractivity contribution in [3.05, 3.63) is 86.8 Å². The zero-order valence-corrected chi connectivity index (χ0v) is 23.0. The summed E-state index contributed by atoms with van der Waals surface area (Å²) in [4.78, 5) is 42.5. The average molecular weight is 550 g/mol. The van der Waals surface area contributed by atoms with E-state index in [1.165, 1.54) is 11.3 Å². The molecule has 1 saturated heterocycles. The van der Waals surface area contributed by atoms with Gasteiger partial charge in [0.15, 0.2) is 0 Å². The van der Waals surface area contributed by atoms with Gasteiger partial charge >= 0.3 is 0 Å². The predicted molar refractivity (Wildman–Crippen MR) is 153 cm³/mol. The van der Waals surface area contributed by atoms with E-state index in [1.807, 2.05) is 12.1 Å². The maximum absolute atomic E-state index is 13.7. The molecule has 1 unspecified atom stereocenters. The zero-order chi connectivity index (χ0) is 28.4. The standard InChI is InChI=1S/C31H27N5O3S/c1-19-10-12-21(13-11-19)27-25(18-33)31(35-14-6-7-15-35)40-26(27)16-23-20(2)24(17-32)30(39)36(29(23)38)34-28(37)22-8-4-3-5-9-22/h3-5,8-10,12-13,16,19H,6-7,11,14-15H2,1-2H3,(H,34,37)/b23-16-. The van der Waals surface area contributed by atoms with Gasteiger partial charge in [-0.05, 0) is 61.5 Å². The van der Waals surface area contributed by atoms with Crippen LogP contribution in [0, 0.1) is 28.6 Å². The zero-order valence-electron chi connectivity index (χ0n) is 22.2. The van der Waals surface area contributed by atoms with Crippen molar-refractivity contribution in [1.82, 2.24) is 10.4 Å². The van der Waals surface area contributed by atoms with Crippen LogP contribution in [-0.2, 0) is 9.59 Å². The maximum Gasteiger partial charge on any atom is 0.290 e. The number of carbonyl (C=O) groups excluding carboxylic acids is 3. The van der Waals surface area contributed by atoms with Gasteiger partial charge in [-0.25, -0.2) is 0 Å². The van der Waals surface area contributed by atoms with Gasteiger partial charge in [-0.3, -0.25) is 19.8 Å². The number of allylic oxidation sites excluding steroid dienone is 4. The van der Waals surface area contributed by atoms with Gasteiger partial charge in [0, 0.05) is 34.7 Å². The number of anilines is 1. The lowest BCUT2D eigenvalue weighted by atomic mass is 9.90. The molecule has 9 heteroatoms. The Bertz CT molecular complexity index is 1610. The lowest BCUT2D eigenvalue weighted by Crippen LogP contribution is -2.53. The Morgan fingerprint density at radius 1 is 1.10 bits per heavy atom. The van der Waals surface area contributed by atoms with Gasteiger partial charge in [0.25, 0.3) is 17.7 Å². The molecule has 1 aromatic carbocycles. The van der Waals surface area contributed by atoms with Crippen LogP contribution in [0.15, 0.2) is 65.3 Å². The van der Waals surface area contributed by atoms with Crippen molar-refractivity contribution in [1.29, 1.82) is 10.5 Å². The smallest absolute Gasteiger partial charge is 0.290 e. The number of imide groups is 1. The number of nitrogens with one attached hydrogen (secondary N) is 1. The molecule has 2 aromatic rings. The molecule has 40 heavy (non-hydrogen) atoms. The monoisotopic (exact) mass is 549 g/mol. The SMILES string of the molecule is CC1=C(C#N)C(=O)N(NC(=O)c2ccccc2)C(=O)/C1=C\c1sc(N2CCCC2)c(C#N)c1C1=CCC(C)C=C1. The molecule has 0 saturated carbocycles. The highest BCUT2D eigenvalue weighted by Crippen LogP contribution is 2.44. The van der Waals surface area contributed by atoms with Crippen LogP contribution in [-0.4, -0.2) is 35.8 Å². The molecule has 1 atom stereocenters. The summed E-state index contributed by atoms with van der Waals surface area (Å²) in [6.07, 6.45) is 10.8. The Kier molecular flexibility index (Phi) is 7.50. The highest BCUT2D eigenvalue weighted by Gasteiger charge is 2.37. The number of hydrazine groups is 1. The van der Waals surface area contributed by atoms with E-state index in [2.05, 4.69) is 35.5 Å². The molecule has 3 aliphatic rings. The Balaban J connectivity index is 1.63. The Morgan fingerprint density at radius 2 is 1.82 bits per heavy atom. The summed E-state index contributed by atoms with van der Waals surface area (Å²) in [6, 6.07) is 12.5. The molecule has 2 aliphatic heterocycles. The van der Waals surface area contributed by atoms with Crippen LogP contribution in [0.4, 0.5) is 5.00 Å². The third-order valence-electron chi connectivity index (χ3n) is 7.29. The summed E-state index contributed by atoms with van der Waals surface area (Å²) in [6.45, 7) is 5.37. The van der Waals surface area contributed by atoms with Gasteiger partial charge in [0.05, 0.1) is 5.56 Å². The Morgan fingerprint density at radius 3 is 2.45 bits per heavy atom. The van der Waals surface area contributed by atoms with Crippen LogP contribution >= 0.6 is 11.3 Å². The molecule has 1 aromatic heterocycles. The van der Waals surface area contributed by atoms with Crippen molar-refractivity contribution in [3.8, 4) is 12.1 Å². The first-order valence-electron chi connectivity index (χ1n) is 13.1. The summed E-state index contributed by atoms with van der Waals surface area (Å²) < 4.78 is 0. The number of hydrogen-bond donors (Lipinski definition) is 1. The minimum atomic E-state index is -0.889. The second-order valence-electron chi connectivity index (χ2n) is 9.98. The summed E-state index contributed by atoms with van der Waals surface area (Å²) in [5, 5.41) is 21.5. The minimum Gasteiger partial charge on any atom is -0.362 e. The number of thiophene rings is 1. The van der Waals surface area contributed by atoms with E-state index in [4.69, 9.17) is 0 Å². The second kappa shape index (κ2) is 11.2. The largest absolute Gasteiger partial charge is 0.362 e. The lowest BCUT2D eigenvalue weighted by Gasteiger charge is -2.27. The molecule has 0 radical (unpaired) electrons. The molecular formula is C31H27N5O3S. The van der Waals surface area contributed by atoms with E-state index in [1.54, 1.807) is 43.3 Å². The van der Waals surface area contributed by atoms with Crippen LogP contribution in [0.5, 0.6) is 0 Å². The number of amides is 3. The third kappa shape index (κ3) is 4.88. The number of carbonyl (C=O) groups is 3. The second-order valence-corrected chi connectivity index (χ2v) is 11.0. The number of benzene rings is 1. The summed E-state index contributed by atoms with van der Waals surface area (Å²) in [5.41, 5.74) is 4.94. The maximum atomic E-state index is 13.7. The van der Waals surface area contributed by atoms with Crippen LogP contribution in [0.3, 0.4) is 0 Å². The molecule has 1 N–H and O–H groups in total. The van der Waals surface area contributed by atoms with Crippen molar-refractivity contribution in [2.24, 2.45) is 5.92 Å². The first kappa shape index (κ1) is 26.9. The van der Waals surface area contributed by atoms with Gasteiger partial charge in [-0.15, -0.1) is 11.3 Å². The quantitative estimate of drug-likeness (QED) is 0.408. The molecular weight excluding hydrogens is 522 g/mol. The van der Waals surface area contributed by atoms with Crippen LogP contribution in [0.25, 0.3) is 11.6 Å². The Labute approximate surface area is 236 Å². The molecule has 1 fully saturated rings. The third-order valence-corrected chi connectivity index (χ3v) is 8.49. The molecule has 3 heterocycles. The van der Waals surface area contributed by atoms with Crippen LogP contribution < -0.4 is 10.3 Å². The molecule has 3 amide bonds. The van der Waals surface area contributed by atoms with E-state index in [9.17, 15) is 24.9 Å². The van der Waals surface area contributed by atoms with E-state index in [-0.39, 0.29) is 22.3 Å². The van der Waals surface area contributed by atoms with Crippen molar-refractivity contribution in [3.63, 3.8) is 0 Å². The molecule has 5 rings (SSSR count). The number of hydrogen-bond acceptors (Lipinski definition) is 7. The molecule has 0 spiro atoms. The van der Waals surface area contributed by atoms with Crippen LogP contribution in [0.2, 0.25) is 0 Å². The van der Waals surface area contributed by atoms with E-state index in [0.29, 0.717) is 21.4 Å². The van der Waals surface area contributed by atoms with Crippen LogP contribution in [0.1, 0.15) is 59.5 Å². The van der Waals surface area contributed by atoms with Crippen molar-refractivity contribution in [2.45, 2.75) is 33.1 Å². The normalized spacial score (nSPS) is 20.1. The number of nitrogens with zero attached hydrogens (tertiary/aromatic N) is 4. The van der Waals surface area contributed by atoms with Gasteiger partial charge < -0.3 is 4.90 Å². The summed E-state index contributed by atoms with van der Waals surface area (Å²) in [5.74, 6) is -1.90. The van der Waals surface area contributed by atoms with Gasteiger partial charge in [-0.1, -0.05) is 43.4 Å². The van der Waals surface area contributed by atoms with Crippen molar-refractivity contribution < 1.29 is 14.4 Å². The lowest BCUT2D eigenvalue weighted by molar-refractivity contribution is -0.143. The number of rotatable bonds is 5. The molecule has 0 bridgehead atoms. The minimum absolute atomic E-state index is 0.109. The van der Waals surface area contributed by atoms with Crippen molar-refractivity contribution >= 4 is 45.7 Å². The summed E-state index contributed by atoms with van der Waals surface area (Å²) >= 11 is 1.43. The number of nitriles is 2. The summed E-state index contributed by atoms with van der Waals surface area (Å²) in [7, 11) is 0. The fraction of sp³-hybridized carbons (Fsp3) is 0.258. The van der Waals surface area contributed by atoms with Gasteiger partial charge in [0.1, 0.15) is 22.7 Å².